The summed E-state index contributed by atoms with van der Waals surface area (Å²) >= 11 is 0. The van der Waals surface area contributed by atoms with E-state index in [1.54, 1.807) is 13.0 Å². The molecule has 0 saturated heterocycles. The molecule has 1 aromatic rings. The Morgan fingerprint density at radius 3 is 2.50 bits per heavy atom. The van der Waals surface area contributed by atoms with Crippen LogP contribution < -0.4 is 0 Å². The van der Waals surface area contributed by atoms with E-state index in [2.05, 4.69) is 0 Å². The van der Waals surface area contributed by atoms with E-state index in [4.69, 9.17) is 0 Å². The molecule has 74 valence electrons. The van der Waals surface area contributed by atoms with E-state index in [0.29, 0.717) is 0 Å². The van der Waals surface area contributed by atoms with Gasteiger partial charge in [0.25, 0.3) is 0 Å². The minimum absolute atomic E-state index is 0.164. The third-order valence-corrected chi connectivity index (χ3v) is 3.09. The highest BCUT2D eigenvalue weighted by molar-refractivity contribution is 5.91. The highest BCUT2D eigenvalue weighted by Crippen LogP contribution is 2.51. The standard InChI is InChI=1S/C12H14O2/c1-8-3-4-10(11(14)7-8)12(5-6-12)9(2)13/h3-4,7,14H,5-6H2,1-2H3. The molecule has 14 heavy (non-hydrogen) atoms. The number of Topliss-reactive ketones (excluding diaryl/α,β-unsaturated/α-hetero) is 1. The number of aryl methyl sites for hydroxylation is 1. The predicted molar refractivity (Wildman–Crippen MR) is 54.4 cm³/mol. The number of carbonyl (C=O) groups excluding carboxylic acids is 1. The van der Waals surface area contributed by atoms with Gasteiger partial charge in [-0.3, -0.25) is 4.79 Å². The Morgan fingerprint density at radius 2 is 2.07 bits per heavy atom. The second kappa shape index (κ2) is 2.84. The lowest BCUT2D eigenvalue weighted by Gasteiger charge is -2.13. The van der Waals surface area contributed by atoms with E-state index < -0.39 is 0 Å². The summed E-state index contributed by atoms with van der Waals surface area (Å²) in [5.41, 5.74) is 1.46. The zero-order chi connectivity index (χ0) is 10.3. The molecule has 1 N–H and O–H groups in total. The van der Waals surface area contributed by atoms with Gasteiger partial charge in [0.2, 0.25) is 0 Å². The highest BCUT2D eigenvalue weighted by atomic mass is 16.3. The van der Waals surface area contributed by atoms with Gasteiger partial charge < -0.3 is 5.11 Å². The molecule has 0 atom stereocenters. The summed E-state index contributed by atoms with van der Waals surface area (Å²) in [5.74, 6) is 0.425. The fraction of sp³-hybridized carbons (Fsp3) is 0.417. The molecule has 1 fully saturated rings. The lowest BCUT2D eigenvalue weighted by molar-refractivity contribution is -0.119. The molecular weight excluding hydrogens is 176 g/mol. The number of phenolic OH excluding ortho intramolecular Hbond substituents is 1. The zero-order valence-corrected chi connectivity index (χ0v) is 8.50. The fourth-order valence-electron chi connectivity index (χ4n) is 1.98. The average molecular weight is 190 g/mol. The Kier molecular flexibility index (Phi) is 1.88. The first-order valence-electron chi connectivity index (χ1n) is 4.87. The maximum atomic E-state index is 11.5. The zero-order valence-electron chi connectivity index (χ0n) is 8.50. The number of hydrogen-bond donors (Lipinski definition) is 1. The number of phenols is 1. The molecule has 1 aliphatic carbocycles. The minimum Gasteiger partial charge on any atom is -0.508 e. The Bertz CT molecular complexity index is 389. The molecule has 0 spiro atoms. The van der Waals surface area contributed by atoms with Crippen LogP contribution in [0.25, 0.3) is 0 Å². The molecule has 0 aliphatic heterocycles. The smallest absolute Gasteiger partial charge is 0.140 e. The molecule has 2 rings (SSSR count). The van der Waals surface area contributed by atoms with Gasteiger partial charge in [-0.2, -0.15) is 0 Å². The van der Waals surface area contributed by atoms with Crippen molar-refractivity contribution < 1.29 is 9.90 Å². The number of hydrogen-bond acceptors (Lipinski definition) is 2. The van der Waals surface area contributed by atoms with Crippen molar-refractivity contribution in [2.45, 2.75) is 32.1 Å². The van der Waals surface area contributed by atoms with Gasteiger partial charge in [-0.15, -0.1) is 0 Å². The number of carbonyl (C=O) groups is 1. The van der Waals surface area contributed by atoms with Gasteiger partial charge in [-0.1, -0.05) is 12.1 Å². The van der Waals surface area contributed by atoms with Crippen LogP contribution in [0.15, 0.2) is 18.2 Å². The quantitative estimate of drug-likeness (QED) is 0.777. The van der Waals surface area contributed by atoms with E-state index in [1.165, 1.54) is 0 Å². The van der Waals surface area contributed by atoms with Crippen LogP contribution in [-0.2, 0) is 10.2 Å². The third kappa shape index (κ3) is 1.22. The predicted octanol–water partition coefficient (Wildman–Crippen LogP) is 2.32. The SMILES string of the molecule is CC(=O)C1(c2ccc(C)cc2O)CC1. The molecule has 0 amide bonds. The van der Waals surface area contributed by atoms with Gasteiger partial charge in [0.15, 0.2) is 0 Å². The van der Waals surface area contributed by atoms with Crippen LogP contribution in [0.5, 0.6) is 5.75 Å². The first-order chi connectivity index (χ1) is 6.56. The molecule has 1 aromatic carbocycles. The molecule has 2 heteroatoms. The van der Waals surface area contributed by atoms with Crippen LogP contribution in [0, 0.1) is 6.92 Å². The van der Waals surface area contributed by atoms with Crippen molar-refractivity contribution in [2.75, 3.05) is 0 Å². The number of ketones is 1. The van der Waals surface area contributed by atoms with Crippen LogP contribution in [0.1, 0.15) is 30.9 Å². The minimum atomic E-state index is -0.363. The van der Waals surface area contributed by atoms with Crippen molar-refractivity contribution in [2.24, 2.45) is 0 Å². The fourth-order valence-corrected chi connectivity index (χ4v) is 1.98. The summed E-state index contributed by atoms with van der Waals surface area (Å²) in [6.07, 6.45) is 1.75. The van der Waals surface area contributed by atoms with Crippen molar-refractivity contribution in [3.8, 4) is 5.75 Å². The first-order valence-corrected chi connectivity index (χ1v) is 4.87. The molecule has 1 saturated carbocycles. The average Bonchev–Trinajstić information content (AvgIpc) is 2.84. The number of rotatable bonds is 2. The number of benzene rings is 1. The topological polar surface area (TPSA) is 37.3 Å². The van der Waals surface area contributed by atoms with Gasteiger partial charge in [0, 0.05) is 5.56 Å². The molecule has 1 aliphatic rings. The molecule has 0 radical (unpaired) electrons. The maximum absolute atomic E-state index is 11.5. The van der Waals surface area contributed by atoms with Crippen LogP contribution in [0.2, 0.25) is 0 Å². The lowest BCUT2D eigenvalue weighted by atomic mass is 9.90. The highest BCUT2D eigenvalue weighted by Gasteiger charge is 2.50. The summed E-state index contributed by atoms with van der Waals surface area (Å²) in [6, 6.07) is 5.54. The first kappa shape index (κ1) is 9.25. The molecule has 0 aromatic heterocycles. The van der Waals surface area contributed by atoms with Crippen LogP contribution >= 0.6 is 0 Å². The van der Waals surface area contributed by atoms with Gasteiger partial charge >= 0.3 is 0 Å². The Labute approximate surface area is 83.6 Å². The summed E-state index contributed by atoms with van der Waals surface area (Å²) in [5, 5.41) is 9.76. The largest absolute Gasteiger partial charge is 0.508 e. The van der Waals surface area contributed by atoms with Gasteiger partial charge in [0.05, 0.1) is 5.41 Å². The van der Waals surface area contributed by atoms with Crippen LogP contribution in [0.4, 0.5) is 0 Å². The normalized spacial score (nSPS) is 17.9. The van der Waals surface area contributed by atoms with Crippen molar-refractivity contribution in [3.05, 3.63) is 29.3 Å². The van der Waals surface area contributed by atoms with Gasteiger partial charge in [-0.05, 0) is 38.3 Å². The van der Waals surface area contributed by atoms with E-state index >= 15 is 0 Å². The summed E-state index contributed by atoms with van der Waals surface area (Å²) in [7, 11) is 0. The molecule has 0 unspecified atom stereocenters. The van der Waals surface area contributed by atoms with Crippen molar-refractivity contribution in [3.63, 3.8) is 0 Å². The molecular formula is C12H14O2. The third-order valence-electron chi connectivity index (χ3n) is 3.09. The summed E-state index contributed by atoms with van der Waals surface area (Å²) < 4.78 is 0. The van der Waals surface area contributed by atoms with Crippen LogP contribution in [-0.4, -0.2) is 10.9 Å². The van der Waals surface area contributed by atoms with Crippen molar-refractivity contribution in [1.82, 2.24) is 0 Å². The maximum Gasteiger partial charge on any atom is 0.140 e. The van der Waals surface area contributed by atoms with E-state index in [-0.39, 0.29) is 16.9 Å². The van der Waals surface area contributed by atoms with Crippen molar-refractivity contribution >= 4 is 5.78 Å². The van der Waals surface area contributed by atoms with Gasteiger partial charge in [0.1, 0.15) is 11.5 Å². The van der Waals surface area contributed by atoms with Gasteiger partial charge in [-0.25, -0.2) is 0 Å². The lowest BCUT2D eigenvalue weighted by Crippen LogP contribution is -2.16. The molecule has 2 nitrogen and oxygen atoms in total. The molecule has 0 heterocycles. The van der Waals surface area contributed by atoms with Crippen molar-refractivity contribution in [1.29, 1.82) is 0 Å². The Balaban J connectivity index is 2.47. The summed E-state index contributed by atoms with van der Waals surface area (Å²) in [6.45, 7) is 3.53. The van der Waals surface area contributed by atoms with E-state index in [0.717, 1.165) is 24.0 Å². The Morgan fingerprint density at radius 1 is 1.43 bits per heavy atom. The molecule has 0 bridgehead atoms. The van der Waals surface area contributed by atoms with E-state index in [1.807, 2.05) is 19.1 Å². The van der Waals surface area contributed by atoms with Crippen LogP contribution in [0.3, 0.4) is 0 Å². The monoisotopic (exact) mass is 190 g/mol. The summed E-state index contributed by atoms with van der Waals surface area (Å²) in [4.78, 5) is 11.5. The second-order valence-electron chi connectivity index (χ2n) is 4.16. The number of aromatic hydroxyl groups is 1. The second-order valence-corrected chi connectivity index (χ2v) is 4.16. The Hall–Kier alpha value is -1.31. The van der Waals surface area contributed by atoms with E-state index in [9.17, 15) is 9.90 Å².